The van der Waals surface area contributed by atoms with Crippen LogP contribution in [0.1, 0.15) is 82.0 Å². The standard InChI is InChI=1S/C14H26N2S/c1-4-5-6-7-8-9-10-11-12(2)14-15-13(3)16-17-14/h12H,4-11H2,1-3H3. The van der Waals surface area contributed by atoms with Crippen LogP contribution in [-0.4, -0.2) is 9.36 Å². The van der Waals surface area contributed by atoms with Crippen LogP contribution in [0.4, 0.5) is 0 Å². The van der Waals surface area contributed by atoms with Crippen LogP contribution in [0.15, 0.2) is 0 Å². The van der Waals surface area contributed by atoms with E-state index < -0.39 is 0 Å². The van der Waals surface area contributed by atoms with E-state index in [2.05, 4.69) is 23.2 Å². The van der Waals surface area contributed by atoms with Gasteiger partial charge in [0.15, 0.2) is 0 Å². The molecule has 0 saturated carbocycles. The highest BCUT2D eigenvalue weighted by atomic mass is 32.1. The van der Waals surface area contributed by atoms with E-state index in [1.807, 2.05) is 6.92 Å². The molecule has 1 aromatic heterocycles. The van der Waals surface area contributed by atoms with Crippen LogP contribution < -0.4 is 0 Å². The highest BCUT2D eigenvalue weighted by Crippen LogP contribution is 2.23. The highest BCUT2D eigenvalue weighted by molar-refractivity contribution is 7.05. The van der Waals surface area contributed by atoms with Crippen LogP contribution >= 0.6 is 11.5 Å². The van der Waals surface area contributed by atoms with Crippen LogP contribution in [0, 0.1) is 6.92 Å². The predicted molar refractivity (Wildman–Crippen MR) is 75.7 cm³/mol. The Hall–Kier alpha value is -0.440. The summed E-state index contributed by atoms with van der Waals surface area (Å²) in [5.74, 6) is 1.52. The lowest BCUT2D eigenvalue weighted by Gasteiger charge is -2.07. The first kappa shape index (κ1) is 14.6. The molecule has 0 spiro atoms. The molecule has 1 atom stereocenters. The van der Waals surface area contributed by atoms with Gasteiger partial charge in [0.2, 0.25) is 0 Å². The smallest absolute Gasteiger partial charge is 0.139 e. The second-order valence-corrected chi connectivity index (χ2v) is 5.77. The minimum atomic E-state index is 0.594. The zero-order chi connectivity index (χ0) is 12.5. The molecule has 0 fully saturated rings. The van der Waals surface area contributed by atoms with Gasteiger partial charge >= 0.3 is 0 Å². The Morgan fingerprint density at radius 1 is 1.06 bits per heavy atom. The fourth-order valence-electron chi connectivity index (χ4n) is 2.04. The zero-order valence-electron chi connectivity index (χ0n) is 11.5. The van der Waals surface area contributed by atoms with Crippen LogP contribution in [0.3, 0.4) is 0 Å². The monoisotopic (exact) mass is 254 g/mol. The lowest BCUT2D eigenvalue weighted by Crippen LogP contribution is -1.93. The van der Waals surface area contributed by atoms with E-state index in [4.69, 9.17) is 0 Å². The van der Waals surface area contributed by atoms with E-state index >= 15 is 0 Å². The van der Waals surface area contributed by atoms with Crippen molar-refractivity contribution in [1.29, 1.82) is 0 Å². The molecule has 1 rings (SSSR count). The van der Waals surface area contributed by atoms with E-state index in [0.717, 1.165) is 5.82 Å². The van der Waals surface area contributed by atoms with Crippen molar-refractivity contribution in [2.45, 2.75) is 78.1 Å². The fraction of sp³-hybridized carbons (Fsp3) is 0.857. The Labute approximate surface area is 110 Å². The third kappa shape index (κ3) is 6.16. The molecule has 98 valence electrons. The maximum absolute atomic E-state index is 4.46. The number of rotatable bonds is 9. The van der Waals surface area contributed by atoms with Gasteiger partial charge in [0.05, 0.1) is 0 Å². The maximum Gasteiger partial charge on any atom is 0.139 e. The summed E-state index contributed by atoms with van der Waals surface area (Å²) in [6.45, 7) is 6.52. The minimum absolute atomic E-state index is 0.594. The van der Waals surface area contributed by atoms with Crippen molar-refractivity contribution in [2.24, 2.45) is 0 Å². The van der Waals surface area contributed by atoms with Crippen molar-refractivity contribution in [2.75, 3.05) is 0 Å². The van der Waals surface area contributed by atoms with Gasteiger partial charge < -0.3 is 0 Å². The summed E-state index contributed by atoms with van der Waals surface area (Å²) in [5.41, 5.74) is 0. The van der Waals surface area contributed by atoms with Crippen molar-refractivity contribution in [3.05, 3.63) is 10.8 Å². The molecule has 0 aliphatic carbocycles. The molecule has 0 N–H and O–H groups in total. The van der Waals surface area contributed by atoms with Crippen molar-refractivity contribution in [1.82, 2.24) is 9.36 Å². The second kappa shape index (κ2) is 8.62. The van der Waals surface area contributed by atoms with Crippen LogP contribution in [0.25, 0.3) is 0 Å². The molecule has 0 saturated heterocycles. The van der Waals surface area contributed by atoms with Gasteiger partial charge in [-0.1, -0.05) is 58.8 Å². The Balaban J connectivity index is 2.03. The molecule has 2 nitrogen and oxygen atoms in total. The molecule has 1 unspecified atom stereocenters. The third-order valence-corrected chi connectivity index (χ3v) is 4.24. The van der Waals surface area contributed by atoms with E-state index in [1.54, 1.807) is 11.5 Å². The molecule has 1 aromatic rings. The molecule has 1 heterocycles. The average Bonchev–Trinajstić information content (AvgIpc) is 2.74. The number of nitrogens with zero attached hydrogens (tertiary/aromatic N) is 2. The number of hydrogen-bond acceptors (Lipinski definition) is 3. The molecule has 0 bridgehead atoms. The van der Waals surface area contributed by atoms with Gasteiger partial charge in [-0.15, -0.1) is 0 Å². The SMILES string of the molecule is CCCCCCCCCC(C)c1nc(C)ns1. The van der Waals surface area contributed by atoms with Gasteiger partial charge in [-0.3, -0.25) is 0 Å². The Morgan fingerprint density at radius 3 is 2.29 bits per heavy atom. The predicted octanol–water partition coefficient (Wildman–Crippen LogP) is 5.09. The number of hydrogen-bond donors (Lipinski definition) is 0. The summed E-state index contributed by atoms with van der Waals surface area (Å²) in [6, 6.07) is 0. The van der Waals surface area contributed by atoms with Gasteiger partial charge in [-0.05, 0) is 24.9 Å². The van der Waals surface area contributed by atoms with E-state index in [9.17, 15) is 0 Å². The summed E-state index contributed by atoms with van der Waals surface area (Å²) in [4.78, 5) is 4.46. The highest BCUT2D eigenvalue weighted by Gasteiger charge is 2.09. The van der Waals surface area contributed by atoms with Gasteiger partial charge in [-0.25, -0.2) is 4.98 Å². The first-order chi connectivity index (χ1) is 8.24. The Kier molecular flexibility index (Phi) is 7.41. The molecule has 0 aliphatic rings. The van der Waals surface area contributed by atoms with Gasteiger partial charge in [0.25, 0.3) is 0 Å². The average molecular weight is 254 g/mol. The number of aromatic nitrogens is 2. The van der Waals surface area contributed by atoms with Gasteiger partial charge in [0, 0.05) is 5.92 Å². The van der Waals surface area contributed by atoms with E-state index in [0.29, 0.717) is 5.92 Å². The van der Waals surface area contributed by atoms with Crippen molar-refractivity contribution < 1.29 is 0 Å². The van der Waals surface area contributed by atoms with Crippen molar-refractivity contribution in [3.63, 3.8) is 0 Å². The second-order valence-electron chi connectivity index (χ2n) is 4.99. The van der Waals surface area contributed by atoms with Gasteiger partial charge in [0.1, 0.15) is 10.8 Å². The quantitative estimate of drug-likeness (QED) is 0.574. The molecule has 0 aromatic carbocycles. The summed E-state index contributed by atoms with van der Waals surface area (Å²) >= 11 is 1.57. The lowest BCUT2D eigenvalue weighted by atomic mass is 10.0. The number of aryl methyl sites for hydroxylation is 1. The molecule has 0 aliphatic heterocycles. The molecule has 3 heteroatoms. The zero-order valence-corrected chi connectivity index (χ0v) is 12.4. The molecular formula is C14H26N2S. The summed E-state index contributed by atoms with van der Waals surface area (Å²) in [7, 11) is 0. The van der Waals surface area contributed by atoms with E-state index in [-0.39, 0.29) is 0 Å². The fourth-order valence-corrected chi connectivity index (χ4v) is 2.78. The molecule has 17 heavy (non-hydrogen) atoms. The normalized spacial score (nSPS) is 12.9. The summed E-state index contributed by atoms with van der Waals surface area (Å²) in [5, 5.41) is 1.22. The van der Waals surface area contributed by atoms with Crippen molar-refractivity contribution in [3.8, 4) is 0 Å². The number of unbranched alkanes of at least 4 members (excludes halogenated alkanes) is 6. The molecule has 0 amide bonds. The first-order valence-electron chi connectivity index (χ1n) is 7.04. The summed E-state index contributed by atoms with van der Waals surface area (Å²) in [6.07, 6.45) is 11.0. The van der Waals surface area contributed by atoms with Crippen LogP contribution in [0.5, 0.6) is 0 Å². The van der Waals surface area contributed by atoms with Gasteiger partial charge in [-0.2, -0.15) is 4.37 Å². The lowest BCUT2D eigenvalue weighted by molar-refractivity contribution is 0.548. The van der Waals surface area contributed by atoms with Crippen molar-refractivity contribution >= 4 is 11.5 Å². The maximum atomic E-state index is 4.46. The first-order valence-corrected chi connectivity index (χ1v) is 7.81. The Morgan fingerprint density at radius 2 is 1.71 bits per heavy atom. The molecule has 0 radical (unpaired) electrons. The topological polar surface area (TPSA) is 25.8 Å². The van der Waals surface area contributed by atoms with Crippen LogP contribution in [0.2, 0.25) is 0 Å². The summed E-state index contributed by atoms with van der Waals surface area (Å²) < 4.78 is 4.25. The van der Waals surface area contributed by atoms with Crippen LogP contribution in [-0.2, 0) is 0 Å². The van der Waals surface area contributed by atoms with E-state index in [1.165, 1.54) is 56.4 Å². The molecular weight excluding hydrogens is 228 g/mol. The minimum Gasteiger partial charge on any atom is -0.225 e. The Bertz CT molecular complexity index is 296. The third-order valence-electron chi connectivity index (χ3n) is 3.21. The largest absolute Gasteiger partial charge is 0.225 e.